The number of carbonyl (C=O) groups is 1. The van der Waals surface area contributed by atoms with Gasteiger partial charge in [0.15, 0.2) is 0 Å². The van der Waals surface area contributed by atoms with E-state index in [9.17, 15) is 4.79 Å². The van der Waals surface area contributed by atoms with Crippen molar-refractivity contribution in [1.29, 1.82) is 0 Å². The van der Waals surface area contributed by atoms with E-state index in [2.05, 4.69) is 0 Å². The van der Waals surface area contributed by atoms with Crippen molar-refractivity contribution < 1.29 is 7.54 Å². The summed E-state index contributed by atoms with van der Waals surface area (Å²) in [5.41, 5.74) is 4.94. The minimum atomic E-state index is -0.505. The molecule has 3 nitrogen and oxygen atoms in total. The molecule has 0 aliphatic carbocycles. The van der Waals surface area contributed by atoms with E-state index < -0.39 is 11.9 Å². The normalized spacial score (nSPS) is 13.8. The Kier molecular flexibility index (Phi) is 7.13. The highest BCUT2D eigenvalue weighted by molar-refractivity contribution is 5.85. The smallest absolute Gasteiger partial charge is 0.234 e. The van der Waals surface area contributed by atoms with Crippen molar-refractivity contribution in [2.45, 2.75) is 13.0 Å². The van der Waals surface area contributed by atoms with Gasteiger partial charge in [-0.15, -0.1) is 24.8 Å². The number of nitrogens with two attached hydrogens (primary N) is 1. The summed E-state index contributed by atoms with van der Waals surface area (Å²) in [6.07, 6.45) is 0. The van der Waals surface area contributed by atoms with E-state index in [1.54, 1.807) is 6.92 Å². The van der Waals surface area contributed by atoms with Crippen LogP contribution in [0.1, 0.15) is 9.67 Å². The SMILES string of the molecule is Cl.Cl.[2H]CN(C[2H])[C@@H](C)C(N)=O. The number of hydrogen-bond acceptors (Lipinski definition) is 2. The average Bonchev–Trinajstić information content (AvgIpc) is 1.90. The third kappa shape index (κ3) is 6.13. The van der Waals surface area contributed by atoms with E-state index in [-0.39, 0.29) is 38.9 Å². The molecular weight excluding hydrogens is 175 g/mol. The number of hydrogen-bond donors (Lipinski definition) is 1. The molecule has 0 spiro atoms. The zero-order valence-corrected chi connectivity index (χ0v) is 7.37. The molecule has 10 heavy (non-hydrogen) atoms. The van der Waals surface area contributed by atoms with Crippen molar-refractivity contribution in [1.82, 2.24) is 4.90 Å². The fourth-order valence-electron chi connectivity index (χ4n) is 0.180. The van der Waals surface area contributed by atoms with Crippen LogP contribution in [0, 0.1) is 0 Å². The molecule has 64 valence electrons. The predicted molar refractivity (Wildman–Crippen MR) is 46.8 cm³/mol. The van der Waals surface area contributed by atoms with Gasteiger partial charge in [-0.2, -0.15) is 0 Å². The molecule has 0 rings (SSSR count). The highest BCUT2D eigenvalue weighted by atomic mass is 35.5. The second kappa shape index (κ2) is 7.12. The molecule has 0 aliphatic rings. The fourth-order valence-corrected chi connectivity index (χ4v) is 0.180. The molecule has 0 fully saturated rings. The molecule has 0 aromatic carbocycles. The summed E-state index contributed by atoms with van der Waals surface area (Å²) < 4.78 is 13.8. The monoisotopic (exact) mass is 190 g/mol. The van der Waals surface area contributed by atoms with Crippen LogP contribution in [0.5, 0.6) is 0 Å². The number of halogens is 2. The van der Waals surface area contributed by atoms with Gasteiger partial charge in [0, 0.05) is 2.74 Å². The number of amides is 1. The Morgan fingerprint density at radius 2 is 2.00 bits per heavy atom. The molecule has 0 aromatic heterocycles. The first-order chi connectivity index (χ1) is 4.63. The minimum absolute atomic E-state index is 0. The van der Waals surface area contributed by atoms with Crippen LogP contribution in [0.4, 0.5) is 0 Å². The van der Waals surface area contributed by atoms with Crippen molar-refractivity contribution in [2.75, 3.05) is 14.0 Å². The largest absolute Gasteiger partial charge is 0.368 e. The van der Waals surface area contributed by atoms with Crippen molar-refractivity contribution >= 4 is 30.7 Å². The van der Waals surface area contributed by atoms with Gasteiger partial charge in [-0.3, -0.25) is 9.69 Å². The standard InChI is InChI=1S/C5H12N2O.2ClH/c1-4(5(6)8)7(2)3;;/h4H,1-3H3,(H2,6,8);2*1H/t4-;;/m0../s1/i2D,3D;;. The van der Waals surface area contributed by atoms with E-state index >= 15 is 0 Å². The predicted octanol–water partition coefficient (Wildman–Crippen LogP) is 0.265. The quantitative estimate of drug-likeness (QED) is 0.680. The molecule has 1 amide bonds. The van der Waals surface area contributed by atoms with E-state index in [1.807, 2.05) is 0 Å². The Hall–Kier alpha value is 0.01000. The topological polar surface area (TPSA) is 46.3 Å². The first-order valence-corrected chi connectivity index (χ1v) is 2.25. The molecule has 1 atom stereocenters. The summed E-state index contributed by atoms with van der Waals surface area (Å²) in [5, 5.41) is 0. The van der Waals surface area contributed by atoms with Crippen LogP contribution in [-0.2, 0) is 4.79 Å². The van der Waals surface area contributed by atoms with Crippen LogP contribution < -0.4 is 5.73 Å². The summed E-state index contributed by atoms with van der Waals surface area (Å²) in [6, 6.07) is -0.505. The minimum Gasteiger partial charge on any atom is -0.368 e. The average molecular weight is 191 g/mol. The molecule has 0 aliphatic heterocycles. The summed E-state index contributed by atoms with van der Waals surface area (Å²) in [5.74, 6) is -0.487. The molecule has 0 heterocycles. The van der Waals surface area contributed by atoms with Crippen LogP contribution in [0.3, 0.4) is 0 Å². The highest BCUT2D eigenvalue weighted by Crippen LogP contribution is 1.86. The molecule has 0 saturated carbocycles. The van der Waals surface area contributed by atoms with Gasteiger partial charge in [-0.1, -0.05) is 0 Å². The molecule has 0 unspecified atom stereocenters. The lowest BCUT2D eigenvalue weighted by molar-refractivity contribution is -0.121. The maximum absolute atomic E-state index is 10.5. The van der Waals surface area contributed by atoms with Gasteiger partial charge in [0.2, 0.25) is 5.91 Å². The van der Waals surface area contributed by atoms with Crippen molar-refractivity contribution in [3.8, 4) is 0 Å². The Labute approximate surface area is 76.6 Å². The van der Waals surface area contributed by atoms with Crippen molar-refractivity contribution in [3.05, 3.63) is 0 Å². The summed E-state index contributed by atoms with van der Waals surface area (Å²) in [4.78, 5) is 11.8. The molecule has 0 saturated heterocycles. The van der Waals surface area contributed by atoms with Crippen LogP contribution in [0.2, 0.25) is 0 Å². The van der Waals surface area contributed by atoms with Crippen LogP contribution in [0.15, 0.2) is 0 Å². The lowest BCUT2D eigenvalue weighted by Crippen LogP contribution is -2.37. The zero-order chi connectivity index (χ0) is 8.15. The second-order valence-corrected chi connectivity index (χ2v) is 1.67. The van der Waals surface area contributed by atoms with Crippen molar-refractivity contribution in [2.24, 2.45) is 5.73 Å². The first-order valence-electron chi connectivity index (χ1n) is 3.66. The number of primary amides is 1. The van der Waals surface area contributed by atoms with E-state index in [1.165, 1.54) is 4.90 Å². The third-order valence-corrected chi connectivity index (χ3v) is 0.959. The molecule has 5 heteroatoms. The van der Waals surface area contributed by atoms with E-state index in [0.717, 1.165) is 0 Å². The van der Waals surface area contributed by atoms with Gasteiger partial charge in [-0.05, 0) is 21.0 Å². The number of rotatable bonds is 2. The summed E-state index contributed by atoms with van der Waals surface area (Å²) in [6.45, 7) is 1.59. The fraction of sp³-hybridized carbons (Fsp3) is 0.800. The molecule has 0 radical (unpaired) electrons. The van der Waals surface area contributed by atoms with Crippen LogP contribution >= 0.6 is 24.8 Å². The molecule has 0 bridgehead atoms. The van der Waals surface area contributed by atoms with E-state index in [4.69, 9.17) is 8.48 Å². The van der Waals surface area contributed by atoms with Crippen molar-refractivity contribution in [3.63, 3.8) is 0 Å². The van der Waals surface area contributed by atoms with Crippen LogP contribution in [0.25, 0.3) is 0 Å². The Morgan fingerprint density at radius 3 is 2.10 bits per heavy atom. The lowest BCUT2D eigenvalue weighted by Gasteiger charge is -2.14. The van der Waals surface area contributed by atoms with Gasteiger partial charge in [-0.25, -0.2) is 0 Å². The maximum Gasteiger partial charge on any atom is 0.234 e. The van der Waals surface area contributed by atoms with Gasteiger partial charge < -0.3 is 5.73 Å². The lowest BCUT2D eigenvalue weighted by atomic mass is 10.3. The van der Waals surface area contributed by atoms with Gasteiger partial charge in [0.05, 0.1) is 6.04 Å². The van der Waals surface area contributed by atoms with Gasteiger partial charge in [0.25, 0.3) is 0 Å². The number of carbonyl (C=O) groups excluding carboxylic acids is 1. The number of likely N-dealkylation sites (N-methyl/N-ethyl adjacent to an activating group) is 1. The Bertz CT molecular complexity index is 124. The molecule has 0 aromatic rings. The first kappa shape index (κ1) is 10.0. The summed E-state index contributed by atoms with van der Waals surface area (Å²) >= 11 is 0. The third-order valence-electron chi connectivity index (χ3n) is 0.959. The zero-order valence-electron chi connectivity index (χ0n) is 7.74. The number of nitrogens with zero attached hydrogens (tertiary/aromatic N) is 1. The second-order valence-electron chi connectivity index (χ2n) is 1.67. The van der Waals surface area contributed by atoms with Gasteiger partial charge in [0.1, 0.15) is 0 Å². The maximum atomic E-state index is 10.5. The molecule has 2 N–H and O–H groups in total. The Morgan fingerprint density at radius 1 is 1.60 bits per heavy atom. The summed E-state index contributed by atoms with van der Waals surface area (Å²) in [7, 11) is -0.124. The van der Waals surface area contributed by atoms with Gasteiger partial charge >= 0.3 is 0 Å². The Balaban J connectivity index is -0.000000405. The van der Waals surface area contributed by atoms with E-state index in [0.29, 0.717) is 0 Å². The molecular formula is C5H14Cl2N2O. The van der Waals surface area contributed by atoms with Crippen LogP contribution in [-0.4, -0.2) is 30.9 Å². The highest BCUT2D eigenvalue weighted by Gasteiger charge is 2.08.